The monoisotopic (exact) mass is 678 g/mol. The number of furan rings is 1. The Hall–Kier alpha value is -4.48. The summed E-state index contributed by atoms with van der Waals surface area (Å²) in [6.45, 7) is 0. The van der Waals surface area contributed by atoms with Crippen molar-refractivity contribution in [2.75, 3.05) is 19.0 Å². The lowest BCUT2D eigenvalue weighted by Gasteiger charge is -2.13. The van der Waals surface area contributed by atoms with Crippen LogP contribution in [0.25, 0.3) is 6.08 Å². The van der Waals surface area contributed by atoms with Crippen molar-refractivity contribution in [3.8, 4) is 5.75 Å². The molecule has 1 heterocycles. The SMILES string of the molecule is CN(C)c1ccc(/C=C(/NC(=O)c2ccccc2)C(=O)N/N=C/c2cc(Br)cc(Br)c2OC(=O)c2ccco2)cc1. The third-order valence-electron chi connectivity index (χ3n) is 5.57. The number of halogens is 2. The van der Waals surface area contributed by atoms with Crippen molar-refractivity contribution in [3.63, 3.8) is 0 Å². The van der Waals surface area contributed by atoms with Crippen LogP contribution in [0.15, 0.2) is 109 Å². The molecule has 0 atom stereocenters. The summed E-state index contributed by atoms with van der Waals surface area (Å²) in [5.41, 5.74) is 4.86. The molecule has 0 aliphatic rings. The molecule has 0 fully saturated rings. The molecule has 0 radical (unpaired) electrons. The van der Waals surface area contributed by atoms with Crippen LogP contribution in [-0.2, 0) is 4.79 Å². The van der Waals surface area contributed by atoms with E-state index in [9.17, 15) is 14.4 Å². The minimum Gasteiger partial charge on any atom is -0.457 e. The second kappa shape index (κ2) is 13.7. The lowest BCUT2D eigenvalue weighted by atomic mass is 10.1. The predicted molar refractivity (Wildman–Crippen MR) is 164 cm³/mol. The van der Waals surface area contributed by atoms with E-state index in [0.29, 0.717) is 25.6 Å². The highest BCUT2D eigenvalue weighted by atomic mass is 79.9. The molecule has 0 saturated heterocycles. The summed E-state index contributed by atoms with van der Waals surface area (Å²) in [6, 6.07) is 22.4. The van der Waals surface area contributed by atoms with Crippen molar-refractivity contribution in [1.82, 2.24) is 10.7 Å². The first kappa shape index (κ1) is 29.5. The Labute approximate surface area is 253 Å². The van der Waals surface area contributed by atoms with E-state index >= 15 is 0 Å². The smallest absolute Gasteiger partial charge is 0.379 e. The molecule has 0 spiro atoms. The molecule has 0 saturated carbocycles. The number of nitrogens with zero attached hydrogens (tertiary/aromatic N) is 2. The van der Waals surface area contributed by atoms with Crippen LogP contribution in [0.5, 0.6) is 5.75 Å². The van der Waals surface area contributed by atoms with Crippen molar-refractivity contribution in [2.24, 2.45) is 5.10 Å². The number of esters is 1. The fourth-order valence-electron chi connectivity index (χ4n) is 3.52. The van der Waals surface area contributed by atoms with Gasteiger partial charge in [0.15, 0.2) is 5.75 Å². The summed E-state index contributed by atoms with van der Waals surface area (Å²) in [4.78, 5) is 40.5. The summed E-state index contributed by atoms with van der Waals surface area (Å²) in [7, 11) is 3.85. The molecule has 0 aliphatic carbocycles. The molecule has 1 aromatic heterocycles. The Kier molecular flexibility index (Phi) is 9.88. The quantitative estimate of drug-likeness (QED) is 0.0737. The van der Waals surface area contributed by atoms with Crippen LogP contribution in [-0.4, -0.2) is 38.1 Å². The van der Waals surface area contributed by atoms with Gasteiger partial charge in [0.25, 0.3) is 11.8 Å². The minimum atomic E-state index is -0.703. The molecule has 0 aliphatic heterocycles. The molecule has 2 N–H and O–H groups in total. The van der Waals surface area contributed by atoms with Crippen molar-refractivity contribution in [3.05, 3.63) is 122 Å². The number of carbonyl (C=O) groups is 3. The first-order valence-corrected chi connectivity index (χ1v) is 13.7. The van der Waals surface area contributed by atoms with Gasteiger partial charge in [0.1, 0.15) is 5.70 Å². The lowest BCUT2D eigenvalue weighted by molar-refractivity contribution is -0.117. The highest BCUT2D eigenvalue weighted by Crippen LogP contribution is 2.32. The van der Waals surface area contributed by atoms with Gasteiger partial charge in [-0.15, -0.1) is 0 Å². The van der Waals surface area contributed by atoms with E-state index in [1.807, 2.05) is 43.3 Å². The van der Waals surface area contributed by atoms with Crippen molar-refractivity contribution >= 4 is 67.6 Å². The van der Waals surface area contributed by atoms with E-state index in [1.165, 1.54) is 18.5 Å². The zero-order valence-electron chi connectivity index (χ0n) is 21.9. The topological polar surface area (TPSA) is 113 Å². The normalized spacial score (nSPS) is 11.3. The fraction of sp³-hybridized carbons (Fsp3) is 0.0667. The number of hydrogen-bond donors (Lipinski definition) is 2. The van der Waals surface area contributed by atoms with Crippen molar-refractivity contribution < 1.29 is 23.5 Å². The second-order valence-electron chi connectivity index (χ2n) is 8.74. The van der Waals surface area contributed by atoms with Gasteiger partial charge in [-0.05, 0) is 76.1 Å². The maximum Gasteiger partial charge on any atom is 0.379 e. The van der Waals surface area contributed by atoms with E-state index in [-0.39, 0.29) is 17.2 Å². The number of benzene rings is 3. The van der Waals surface area contributed by atoms with Crippen LogP contribution < -0.4 is 20.4 Å². The number of carbonyl (C=O) groups excluding carboxylic acids is 3. The van der Waals surface area contributed by atoms with Crippen LogP contribution in [0.2, 0.25) is 0 Å². The zero-order chi connectivity index (χ0) is 29.4. The molecular formula is C30H24Br2N4O5. The first-order chi connectivity index (χ1) is 19.7. The second-order valence-corrected chi connectivity index (χ2v) is 10.5. The van der Waals surface area contributed by atoms with E-state index in [1.54, 1.807) is 54.6 Å². The summed E-state index contributed by atoms with van der Waals surface area (Å²) in [5, 5.41) is 6.72. The number of nitrogens with one attached hydrogen (secondary N) is 2. The maximum absolute atomic E-state index is 13.2. The maximum atomic E-state index is 13.2. The summed E-state index contributed by atoms with van der Waals surface area (Å²) >= 11 is 6.79. The van der Waals surface area contributed by atoms with Gasteiger partial charge in [0.2, 0.25) is 5.76 Å². The van der Waals surface area contributed by atoms with Gasteiger partial charge in [-0.1, -0.05) is 46.3 Å². The van der Waals surface area contributed by atoms with E-state index in [2.05, 4.69) is 47.7 Å². The highest BCUT2D eigenvalue weighted by Gasteiger charge is 2.18. The van der Waals surface area contributed by atoms with Crippen LogP contribution in [0.3, 0.4) is 0 Å². The number of rotatable bonds is 9. The molecule has 2 amide bonds. The molecule has 208 valence electrons. The van der Waals surface area contributed by atoms with E-state index in [4.69, 9.17) is 9.15 Å². The molecule has 4 aromatic rings. The molecule has 9 nitrogen and oxygen atoms in total. The Balaban J connectivity index is 1.57. The molecule has 0 unspecified atom stereocenters. The zero-order valence-corrected chi connectivity index (χ0v) is 25.1. The average molecular weight is 680 g/mol. The van der Waals surface area contributed by atoms with Gasteiger partial charge < -0.3 is 19.4 Å². The lowest BCUT2D eigenvalue weighted by Crippen LogP contribution is -2.32. The minimum absolute atomic E-state index is 0.0199. The predicted octanol–water partition coefficient (Wildman–Crippen LogP) is 6.01. The number of anilines is 1. The Bertz CT molecular complexity index is 1600. The van der Waals surface area contributed by atoms with Gasteiger partial charge in [-0.25, -0.2) is 10.2 Å². The number of hydrogen-bond acceptors (Lipinski definition) is 7. The molecule has 3 aromatic carbocycles. The van der Waals surface area contributed by atoms with Crippen LogP contribution >= 0.6 is 31.9 Å². The molecule has 0 bridgehead atoms. The fourth-order valence-corrected chi connectivity index (χ4v) is 4.86. The molecular weight excluding hydrogens is 656 g/mol. The summed E-state index contributed by atoms with van der Waals surface area (Å²) in [6.07, 6.45) is 4.24. The third kappa shape index (κ3) is 8.03. The molecule has 11 heteroatoms. The largest absolute Gasteiger partial charge is 0.457 e. The molecule has 4 rings (SSSR count). The van der Waals surface area contributed by atoms with Gasteiger partial charge >= 0.3 is 5.97 Å². The highest BCUT2D eigenvalue weighted by molar-refractivity contribution is 9.11. The van der Waals surface area contributed by atoms with Crippen molar-refractivity contribution in [2.45, 2.75) is 0 Å². The Morgan fingerprint density at radius 2 is 1.68 bits per heavy atom. The Morgan fingerprint density at radius 1 is 0.951 bits per heavy atom. The third-order valence-corrected chi connectivity index (χ3v) is 6.62. The average Bonchev–Trinajstić information content (AvgIpc) is 3.50. The Morgan fingerprint density at radius 3 is 2.34 bits per heavy atom. The van der Waals surface area contributed by atoms with Gasteiger partial charge in [0.05, 0.1) is 17.0 Å². The van der Waals surface area contributed by atoms with E-state index < -0.39 is 17.8 Å². The van der Waals surface area contributed by atoms with Crippen LogP contribution in [0, 0.1) is 0 Å². The van der Waals surface area contributed by atoms with Gasteiger partial charge in [0, 0.05) is 35.4 Å². The number of hydrazone groups is 1. The van der Waals surface area contributed by atoms with Gasteiger partial charge in [-0.2, -0.15) is 5.10 Å². The number of amides is 2. The standard InChI is InChI=1S/C30H24Br2N4O5/c1-36(2)23-12-10-19(11-13-23)15-25(34-28(37)20-7-4-3-5-8-20)29(38)35-33-18-21-16-22(31)17-24(32)27(21)41-30(39)26-9-6-14-40-26/h3-18H,1-2H3,(H,34,37)(H,35,38)/b25-15+,33-18+. The van der Waals surface area contributed by atoms with Gasteiger partial charge in [-0.3, -0.25) is 9.59 Å². The number of ether oxygens (including phenoxy) is 1. The summed E-state index contributed by atoms with van der Waals surface area (Å²) in [5.74, 6) is -1.62. The molecule has 41 heavy (non-hydrogen) atoms. The van der Waals surface area contributed by atoms with Crippen LogP contribution in [0.1, 0.15) is 32.0 Å². The van der Waals surface area contributed by atoms with Crippen LogP contribution in [0.4, 0.5) is 5.69 Å². The summed E-state index contributed by atoms with van der Waals surface area (Å²) < 4.78 is 11.8. The van der Waals surface area contributed by atoms with E-state index in [0.717, 1.165) is 5.69 Å². The first-order valence-electron chi connectivity index (χ1n) is 12.1. The van der Waals surface area contributed by atoms with Crippen molar-refractivity contribution in [1.29, 1.82) is 0 Å².